The predicted octanol–water partition coefficient (Wildman–Crippen LogP) is 16.2. The normalized spacial score (nSPS) is 12.9. The molecule has 0 aliphatic rings. The van der Waals surface area contributed by atoms with E-state index in [4.69, 9.17) is 18.9 Å². The number of hydrogen-bond donors (Lipinski definition) is 0. The number of unbranched alkanes of at least 4 members (excludes halogenated alkanes) is 37. The monoisotopic (exact) mass is 990 g/mol. The van der Waals surface area contributed by atoms with Gasteiger partial charge in [0.25, 0.3) is 0 Å². The summed E-state index contributed by atoms with van der Waals surface area (Å²) >= 11 is 0. The van der Waals surface area contributed by atoms with Crippen LogP contribution in [0.25, 0.3) is 0 Å². The maximum Gasteiger partial charge on any atom is 0.306 e. The second kappa shape index (κ2) is 53.1. The summed E-state index contributed by atoms with van der Waals surface area (Å²) in [6.45, 7) is 4.77. The first kappa shape index (κ1) is 67.8. The Morgan fingerprint density at radius 3 is 1.16 bits per heavy atom. The number of ether oxygens (including phenoxy) is 4. The van der Waals surface area contributed by atoms with Gasteiger partial charge in [-0.15, -0.1) is 0 Å². The minimum absolute atomic E-state index is 0.149. The van der Waals surface area contributed by atoms with Crippen molar-refractivity contribution in [3.63, 3.8) is 0 Å². The lowest BCUT2D eigenvalue weighted by Crippen LogP contribution is -2.44. The molecule has 0 aliphatic carbocycles. The average Bonchev–Trinajstić information content (AvgIpc) is 3.33. The van der Waals surface area contributed by atoms with Crippen LogP contribution in [0, 0.1) is 0 Å². The van der Waals surface area contributed by atoms with Crippen molar-refractivity contribution in [1.29, 1.82) is 0 Å². The van der Waals surface area contributed by atoms with Crippen LogP contribution in [0.15, 0.2) is 24.3 Å². The van der Waals surface area contributed by atoms with E-state index in [0.29, 0.717) is 23.9 Å². The second-order valence-corrected chi connectivity index (χ2v) is 21.6. The molecule has 0 radical (unpaired) electrons. The maximum atomic E-state index is 12.9. The van der Waals surface area contributed by atoms with E-state index < -0.39 is 24.3 Å². The molecule has 2 unspecified atom stereocenters. The Morgan fingerprint density at radius 2 is 0.771 bits per heavy atom. The van der Waals surface area contributed by atoms with Crippen LogP contribution in [-0.2, 0) is 33.3 Å². The zero-order chi connectivity index (χ0) is 51.3. The summed E-state index contributed by atoms with van der Waals surface area (Å²) in [5.41, 5.74) is 0. The first-order chi connectivity index (χ1) is 34.1. The van der Waals surface area contributed by atoms with E-state index >= 15 is 0 Å². The lowest BCUT2D eigenvalue weighted by molar-refractivity contribution is -0.870. The fraction of sp³-hybridized carbons (Fsp3) is 0.885. The molecule has 0 spiro atoms. The summed E-state index contributed by atoms with van der Waals surface area (Å²) in [5.74, 6) is -2.27. The van der Waals surface area contributed by atoms with Gasteiger partial charge in [0.1, 0.15) is 13.2 Å². The van der Waals surface area contributed by atoms with Gasteiger partial charge in [0.15, 0.2) is 12.4 Å². The largest absolute Gasteiger partial charge is 0.545 e. The van der Waals surface area contributed by atoms with Crippen LogP contribution in [0.5, 0.6) is 0 Å². The number of quaternary nitrogens is 1. The molecule has 0 aromatic heterocycles. The lowest BCUT2D eigenvalue weighted by atomic mass is 10.0. The van der Waals surface area contributed by atoms with E-state index in [-0.39, 0.29) is 32.2 Å². The van der Waals surface area contributed by atoms with Crippen molar-refractivity contribution in [3.05, 3.63) is 24.3 Å². The summed E-state index contributed by atoms with van der Waals surface area (Å²) in [4.78, 5) is 37.3. The van der Waals surface area contributed by atoms with Crippen LogP contribution in [-0.4, -0.2) is 82.3 Å². The second-order valence-electron chi connectivity index (χ2n) is 21.6. The molecule has 0 heterocycles. The van der Waals surface area contributed by atoms with Crippen LogP contribution < -0.4 is 5.11 Å². The van der Waals surface area contributed by atoms with Gasteiger partial charge in [-0.25, -0.2) is 0 Å². The molecular formula is C61H115NO8. The third-order valence-corrected chi connectivity index (χ3v) is 13.5. The van der Waals surface area contributed by atoms with E-state index in [1.54, 1.807) is 0 Å². The van der Waals surface area contributed by atoms with Crippen molar-refractivity contribution in [1.82, 2.24) is 0 Å². The minimum atomic E-state index is -1.62. The number of hydrogen-bond acceptors (Lipinski definition) is 8. The van der Waals surface area contributed by atoms with Crippen LogP contribution in [0.3, 0.4) is 0 Å². The molecule has 9 heteroatoms. The Balaban J connectivity index is 4.16. The molecule has 70 heavy (non-hydrogen) atoms. The van der Waals surface area contributed by atoms with Crippen molar-refractivity contribution in [2.75, 3.05) is 47.5 Å². The molecule has 0 bridgehead atoms. The molecule has 412 valence electrons. The number of carboxylic acids is 1. The molecule has 0 N–H and O–H groups in total. The number of carboxylic acid groups (broad SMARTS) is 1. The number of carbonyl (C=O) groups is 3. The number of aliphatic carboxylic acids is 1. The molecule has 0 aromatic rings. The molecule has 0 saturated carbocycles. The number of likely N-dealkylation sites (N-methyl/N-ethyl adjacent to an activating group) is 1. The molecule has 9 nitrogen and oxygen atoms in total. The summed E-state index contributed by atoms with van der Waals surface area (Å²) in [5, 5.41) is 11.8. The van der Waals surface area contributed by atoms with Gasteiger partial charge < -0.3 is 33.3 Å². The fourth-order valence-electron chi connectivity index (χ4n) is 8.80. The molecular weight excluding hydrogens is 875 g/mol. The highest BCUT2D eigenvalue weighted by Crippen LogP contribution is 2.18. The molecule has 2 atom stereocenters. The number of allylic oxidation sites excluding steroid dienone is 4. The predicted molar refractivity (Wildman–Crippen MR) is 293 cm³/mol. The standard InChI is InChI=1S/C61H115NO8/c1-6-8-10-12-14-16-18-20-22-24-26-27-28-29-30-31-32-34-35-37-39-41-43-45-47-49-51-58(63)68-55-57(56-69-61(60(65)66)67-54-53-62(3,4)5)70-59(64)52-50-48-46-44-42-40-38-36-33-25-23-21-19-17-15-13-11-9-7-2/h15,17,21,23,57,61H,6-14,16,18-20,22,24-56H2,1-5H3/b17-15-,23-21-. The van der Waals surface area contributed by atoms with Crippen LogP contribution in [0.4, 0.5) is 0 Å². The van der Waals surface area contributed by atoms with Gasteiger partial charge in [0.2, 0.25) is 0 Å². The smallest absolute Gasteiger partial charge is 0.306 e. The van der Waals surface area contributed by atoms with E-state index in [9.17, 15) is 19.5 Å². The summed E-state index contributed by atoms with van der Waals surface area (Å²) in [7, 11) is 5.93. The topological polar surface area (TPSA) is 111 Å². The first-order valence-corrected chi connectivity index (χ1v) is 30.0. The third-order valence-electron chi connectivity index (χ3n) is 13.5. The highest BCUT2D eigenvalue weighted by Gasteiger charge is 2.22. The van der Waals surface area contributed by atoms with Crippen molar-refractivity contribution in [3.8, 4) is 0 Å². The van der Waals surface area contributed by atoms with Crippen molar-refractivity contribution < 1.29 is 42.9 Å². The van der Waals surface area contributed by atoms with E-state index in [2.05, 4.69) is 38.2 Å². The van der Waals surface area contributed by atoms with Gasteiger partial charge in [-0.05, 0) is 44.9 Å². The Morgan fingerprint density at radius 1 is 0.429 bits per heavy atom. The van der Waals surface area contributed by atoms with Gasteiger partial charge in [0.05, 0.1) is 40.3 Å². The molecule has 0 fully saturated rings. The molecule has 0 amide bonds. The van der Waals surface area contributed by atoms with E-state index in [1.165, 1.54) is 205 Å². The quantitative estimate of drug-likeness (QED) is 0.0195. The van der Waals surface area contributed by atoms with Crippen LogP contribution >= 0.6 is 0 Å². The molecule has 0 rings (SSSR count). The molecule has 0 saturated heterocycles. The van der Waals surface area contributed by atoms with Crippen molar-refractivity contribution in [2.45, 2.75) is 302 Å². The Bertz CT molecular complexity index is 1200. The van der Waals surface area contributed by atoms with Crippen LogP contribution in [0.1, 0.15) is 290 Å². The highest BCUT2D eigenvalue weighted by molar-refractivity contribution is 5.70. The van der Waals surface area contributed by atoms with Gasteiger partial charge in [-0.3, -0.25) is 9.59 Å². The number of nitrogens with zero attached hydrogens (tertiary/aromatic N) is 1. The Labute approximate surface area is 433 Å². The van der Waals surface area contributed by atoms with Gasteiger partial charge in [-0.2, -0.15) is 0 Å². The third kappa shape index (κ3) is 53.6. The van der Waals surface area contributed by atoms with E-state index in [0.717, 1.165) is 51.4 Å². The summed E-state index contributed by atoms with van der Waals surface area (Å²) < 4.78 is 22.7. The number of esters is 2. The minimum Gasteiger partial charge on any atom is -0.545 e. The van der Waals surface area contributed by atoms with Gasteiger partial charge in [-0.1, -0.05) is 256 Å². The van der Waals surface area contributed by atoms with Crippen LogP contribution in [0.2, 0.25) is 0 Å². The maximum absolute atomic E-state index is 12.9. The SMILES string of the molecule is CCCCC/C=C\C/C=C\CCCCCCCCCCCC(=O)OC(COC(=O)CCCCCCCCCCCCCCCCCCCCCCCCCCCC)COC(OCC[N+](C)(C)C)C(=O)[O-]. The zero-order valence-corrected chi connectivity index (χ0v) is 46.9. The zero-order valence-electron chi connectivity index (χ0n) is 46.9. The molecule has 0 aromatic carbocycles. The number of rotatable bonds is 56. The van der Waals surface area contributed by atoms with E-state index in [1.807, 2.05) is 21.1 Å². The van der Waals surface area contributed by atoms with Crippen molar-refractivity contribution >= 4 is 17.9 Å². The fourth-order valence-corrected chi connectivity index (χ4v) is 8.80. The lowest BCUT2D eigenvalue weighted by Gasteiger charge is -2.26. The Kier molecular flexibility index (Phi) is 51.4. The van der Waals surface area contributed by atoms with Gasteiger partial charge >= 0.3 is 11.9 Å². The number of carbonyl (C=O) groups excluding carboxylic acids is 3. The summed E-state index contributed by atoms with van der Waals surface area (Å²) in [6, 6.07) is 0. The first-order valence-electron chi connectivity index (χ1n) is 30.0. The van der Waals surface area contributed by atoms with Gasteiger partial charge in [0, 0.05) is 12.8 Å². The Hall–Kier alpha value is -2.23. The average molecular weight is 991 g/mol. The summed E-state index contributed by atoms with van der Waals surface area (Å²) in [6.07, 6.45) is 59.4. The molecule has 0 aliphatic heterocycles. The van der Waals surface area contributed by atoms with Crippen molar-refractivity contribution in [2.24, 2.45) is 0 Å². The highest BCUT2D eigenvalue weighted by atomic mass is 16.7.